The molecule has 0 aromatic carbocycles. The Morgan fingerprint density at radius 3 is 2.63 bits per heavy atom. The molecule has 2 rings (SSSR count). The molecule has 0 saturated heterocycles. The predicted octanol–water partition coefficient (Wildman–Crippen LogP) is 0.978. The van der Waals surface area contributed by atoms with Crippen LogP contribution in [0.15, 0.2) is 5.16 Å². The molecule has 2 saturated carbocycles. The lowest BCUT2D eigenvalue weighted by atomic mass is 9.98. The zero-order valence-electron chi connectivity index (χ0n) is 11.2. The maximum Gasteiger partial charge on any atom is 0.234 e. The molecule has 2 aliphatic carbocycles. The van der Waals surface area contributed by atoms with Crippen LogP contribution in [-0.2, 0) is 9.53 Å². The van der Waals surface area contributed by atoms with Gasteiger partial charge in [-0.1, -0.05) is 24.4 Å². The van der Waals surface area contributed by atoms with Crippen molar-refractivity contribution in [2.75, 3.05) is 13.2 Å². The summed E-state index contributed by atoms with van der Waals surface area (Å²) in [5.74, 6) is -0.145. The smallest absolute Gasteiger partial charge is 0.234 e. The van der Waals surface area contributed by atoms with Gasteiger partial charge in [0.25, 0.3) is 0 Å². The van der Waals surface area contributed by atoms with Gasteiger partial charge in [0, 0.05) is 6.54 Å². The van der Waals surface area contributed by atoms with Crippen LogP contribution < -0.4 is 11.1 Å². The molecule has 6 heteroatoms. The summed E-state index contributed by atoms with van der Waals surface area (Å²) in [6.07, 6.45) is 7.69. The van der Waals surface area contributed by atoms with Crippen molar-refractivity contribution in [3.8, 4) is 0 Å². The van der Waals surface area contributed by atoms with E-state index in [1.807, 2.05) is 0 Å². The van der Waals surface area contributed by atoms with Gasteiger partial charge in [0.05, 0.1) is 12.7 Å². The Hall–Kier alpha value is -1.30. The Morgan fingerprint density at radius 1 is 1.37 bits per heavy atom. The van der Waals surface area contributed by atoms with Gasteiger partial charge >= 0.3 is 0 Å². The van der Waals surface area contributed by atoms with Crippen molar-refractivity contribution >= 4 is 11.7 Å². The number of carbonyl (C=O) groups is 1. The highest BCUT2D eigenvalue weighted by Crippen LogP contribution is 2.45. The first-order valence-electron chi connectivity index (χ1n) is 7.07. The third kappa shape index (κ3) is 3.37. The number of carbonyl (C=O) groups excluding carboxylic acids is 1. The van der Waals surface area contributed by atoms with E-state index in [0.29, 0.717) is 32.1 Å². The van der Waals surface area contributed by atoms with Crippen LogP contribution in [0.5, 0.6) is 0 Å². The number of oxime groups is 1. The zero-order chi connectivity index (χ0) is 13.7. The summed E-state index contributed by atoms with van der Waals surface area (Å²) in [6, 6.07) is 0. The minimum Gasteiger partial charge on any atom is -0.409 e. The lowest BCUT2D eigenvalue weighted by molar-refractivity contribution is -0.124. The van der Waals surface area contributed by atoms with Crippen molar-refractivity contribution in [2.45, 2.75) is 51.0 Å². The first-order chi connectivity index (χ1) is 9.19. The monoisotopic (exact) mass is 269 g/mol. The van der Waals surface area contributed by atoms with Crippen LogP contribution in [0.25, 0.3) is 0 Å². The number of nitrogens with zero attached hydrogens (tertiary/aromatic N) is 1. The summed E-state index contributed by atoms with van der Waals surface area (Å²) in [6.45, 7) is 1.01. The molecule has 4 N–H and O–H groups in total. The SMILES string of the molecule is NC(=NO)C1(C(=O)NCCOC2CCCCC2)CC1. The Labute approximate surface area is 113 Å². The number of nitrogens with one attached hydrogen (secondary N) is 1. The molecule has 0 heterocycles. The molecule has 6 nitrogen and oxygen atoms in total. The Bertz CT molecular complexity index is 347. The molecule has 0 radical (unpaired) electrons. The standard InChI is InChI=1S/C13H23N3O3/c14-11(16-18)13(6-7-13)12(17)15-8-9-19-10-4-2-1-3-5-10/h10,18H,1-9H2,(H2,14,16)(H,15,17). The van der Waals surface area contributed by atoms with Crippen molar-refractivity contribution < 1.29 is 14.7 Å². The van der Waals surface area contributed by atoms with Crippen LogP contribution in [-0.4, -0.2) is 36.2 Å². The maximum absolute atomic E-state index is 11.9. The molecule has 19 heavy (non-hydrogen) atoms. The van der Waals surface area contributed by atoms with Crippen molar-refractivity contribution in [3.05, 3.63) is 0 Å². The van der Waals surface area contributed by atoms with E-state index in [1.54, 1.807) is 0 Å². The van der Waals surface area contributed by atoms with Gasteiger partial charge in [-0.2, -0.15) is 0 Å². The fourth-order valence-electron chi connectivity index (χ4n) is 2.61. The highest BCUT2D eigenvalue weighted by molar-refractivity contribution is 6.09. The first kappa shape index (κ1) is 14.1. The molecule has 0 aliphatic heterocycles. The first-order valence-corrected chi connectivity index (χ1v) is 7.07. The fraction of sp³-hybridized carbons (Fsp3) is 0.846. The summed E-state index contributed by atoms with van der Waals surface area (Å²) in [7, 11) is 0. The van der Waals surface area contributed by atoms with Crippen molar-refractivity contribution in [3.63, 3.8) is 0 Å². The van der Waals surface area contributed by atoms with E-state index in [-0.39, 0.29) is 11.7 Å². The number of ether oxygens (including phenoxy) is 1. The van der Waals surface area contributed by atoms with E-state index in [2.05, 4.69) is 10.5 Å². The van der Waals surface area contributed by atoms with Crippen molar-refractivity contribution in [1.82, 2.24) is 5.32 Å². The summed E-state index contributed by atoms with van der Waals surface area (Å²) in [5, 5.41) is 14.4. The molecule has 0 unspecified atom stereocenters. The van der Waals surface area contributed by atoms with Crippen LogP contribution >= 0.6 is 0 Å². The Morgan fingerprint density at radius 2 is 2.05 bits per heavy atom. The number of rotatable bonds is 6. The van der Waals surface area contributed by atoms with E-state index < -0.39 is 5.41 Å². The third-order valence-electron chi connectivity index (χ3n) is 4.08. The maximum atomic E-state index is 11.9. The summed E-state index contributed by atoms with van der Waals surface area (Å²) in [4.78, 5) is 11.9. The highest BCUT2D eigenvalue weighted by atomic mass is 16.5. The number of hydrogen-bond acceptors (Lipinski definition) is 4. The summed E-state index contributed by atoms with van der Waals surface area (Å²) in [5.41, 5.74) is 4.78. The molecule has 0 spiro atoms. The molecular formula is C13H23N3O3. The zero-order valence-corrected chi connectivity index (χ0v) is 11.2. The van der Waals surface area contributed by atoms with Gasteiger partial charge in [0.1, 0.15) is 5.41 Å². The minimum atomic E-state index is -0.764. The summed E-state index contributed by atoms with van der Waals surface area (Å²) < 4.78 is 5.73. The average molecular weight is 269 g/mol. The lowest BCUT2D eigenvalue weighted by Crippen LogP contribution is -2.42. The van der Waals surface area contributed by atoms with Gasteiger partial charge in [0.15, 0.2) is 5.84 Å². The number of nitrogens with two attached hydrogens (primary N) is 1. The average Bonchev–Trinajstić information content (AvgIpc) is 3.25. The molecule has 2 fully saturated rings. The van der Waals surface area contributed by atoms with E-state index >= 15 is 0 Å². The van der Waals surface area contributed by atoms with Gasteiger partial charge in [-0.3, -0.25) is 4.79 Å². The van der Waals surface area contributed by atoms with E-state index in [4.69, 9.17) is 15.7 Å². The van der Waals surface area contributed by atoms with Crippen LogP contribution in [0.1, 0.15) is 44.9 Å². The fourth-order valence-corrected chi connectivity index (χ4v) is 2.61. The predicted molar refractivity (Wildman–Crippen MR) is 70.9 cm³/mol. The molecule has 1 amide bonds. The van der Waals surface area contributed by atoms with E-state index in [0.717, 1.165) is 12.8 Å². The van der Waals surface area contributed by atoms with Gasteiger partial charge in [-0.05, 0) is 25.7 Å². The molecule has 0 bridgehead atoms. The van der Waals surface area contributed by atoms with Gasteiger partial charge < -0.3 is 21.0 Å². The normalized spacial score (nSPS) is 23.1. The molecule has 108 valence electrons. The van der Waals surface area contributed by atoms with Crippen molar-refractivity contribution in [2.24, 2.45) is 16.3 Å². The minimum absolute atomic E-state index is 0.0122. The Kier molecular flexibility index (Phi) is 4.63. The molecule has 0 atom stereocenters. The second-order valence-electron chi connectivity index (χ2n) is 5.45. The largest absolute Gasteiger partial charge is 0.409 e. The van der Waals surface area contributed by atoms with Crippen LogP contribution in [0.4, 0.5) is 0 Å². The van der Waals surface area contributed by atoms with Gasteiger partial charge in [-0.25, -0.2) is 0 Å². The Balaban J connectivity index is 1.64. The third-order valence-corrected chi connectivity index (χ3v) is 4.08. The number of amidine groups is 1. The second-order valence-corrected chi connectivity index (χ2v) is 5.45. The quantitative estimate of drug-likeness (QED) is 0.220. The van der Waals surface area contributed by atoms with Crippen LogP contribution in [0.2, 0.25) is 0 Å². The lowest BCUT2D eigenvalue weighted by Gasteiger charge is -2.22. The molecular weight excluding hydrogens is 246 g/mol. The van der Waals surface area contributed by atoms with Crippen LogP contribution in [0, 0.1) is 5.41 Å². The van der Waals surface area contributed by atoms with Gasteiger partial charge in [-0.15, -0.1) is 0 Å². The van der Waals surface area contributed by atoms with Gasteiger partial charge in [0.2, 0.25) is 5.91 Å². The van der Waals surface area contributed by atoms with E-state index in [1.165, 1.54) is 19.3 Å². The topological polar surface area (TPSA) is 96.9 Å². The van der Waals surface area contributed by atoms with E-state index in [9.17, 15) is 4.79 Å². The summed E-state index contributed by atoms with van der Waals surface area (Å²) >= 11 is 0. The van der Waals surface area contributed by atoms with Crippen molar-refractivity contribution in [1.29, 1.82) is 0 Å². The van der Waals surface area contributed by atoms with Crippen LogP contribution in [0.3, 0.4) is 0 Å². The molecule has 0 aromatic rings. The number of hydrogen-bond donors (Lipinski definition) is 3. The second kappa shape index (κ2) is 6.23. The molecule has 2 aliphatic rings. The highest BCUT2D eigenvalue weighted by Gasteiger charge is 2.54. The number of amides is 1. The molecule has 0 aromatic heterocycles.